The highest BCUT2D eigenvalue weighted by Gasteiger charge is 2.13. The number of hydrogen-bond donors (Lipinski definition) is 1. The summed E-state index contributed by atoms with van der Waals surface area (Å²) >= 11 is 0. The molecule has 29 heavy (non-hydrogen) atoms. The van der Waals surface area contributed by atoms with E-state index < -0.39 is 0 Å². The fraction of sp³-hybridized carbons (Fsp3) is 0.333. The summed E-state index contributed by atoms with van der Waals surface area (Å²) in [5.74, 6) is 1.37. The molecule has 0 amide bonds. The molecule has 8 nitrogen and oxygen atoms in total. The van der Waals surface area contributed by atoms with Crippen molar-refractivity contribution in [2.45, 2.75) is 19.9 Å². The van der Waals surface area contributed by atoms with Gasteiger partial charge in [0.25, 0.3) is 0 Å². The van der Waals surface area contributed by atoms with Crippen LogP contribution in [-0.4, -0.2) is 57.1 Å². The maximum atomic E-state index is 5.74. The van der Waals surface area contributed by atoms with Crippen LogP contribution in [0.1, 0.15) is 19.9 Å². The number of benzene rings is 2. The van der Waals surface area contributed by atoms with E-state index in [4.69, 9.17) is 9.72 Å². The minimum Gasteiger partial charge on any atom is -0.492 e. The molecule has 0 bridgehead atoms. The number of nitrogens with zero attached hydrogens (tertiary/aromatic N) is 6. The van der Waals surface area contributed by atoms with E-state index in [1.54, 1.807) is 0 Å². The smallest absolute Gasteiger partial charge is 0.227 e. The van der Waals surface area contributed by atoms with Gasteiger partial charge in [-0.3, -0.25) is 0 Å². The van der Waals surface area contributed by atoms with Crippen LogP contribution in [0.15, 0.2) is 42.6 Å². The molecule has 150 valence electrons. The van der Waals surface area contributed by atoms with Crippen LogP contribution in [0.5, 0.6) is 5.75 Å². The second-order valence-electron chi connectivity index (χ2n) is 7.49. The Labute approximate surface area is 169 Å². The van der Waals surface area contributed by atoms with Crippen molar-refractivity contribution in [1.29, 1.82) is 0 Å². The lowest BCUT2D eigenvalue weighted by Gasteiger charge is -2.12. The van der Waals surface area contributed by atoms with Crippen molar-refractivity contribution in [3.63, 3.8) is 0 Å². The predicted octanol–water partition coefficient (Wildman–Crippen LogP) is 3.64. The summed E-state index contributed by atoms with van der Waals surface area (Å²) in [7, 11) is 4.05. The van der Waals surface area contributed by atoms with E-state index >= 15 is 0 Å². The molecule has 2 heterocycles. The van der Waals surface area contributed by atoms with E-state index in [9.17, 15) is 0 Å². The maximum Gasteiger partial charge on any atom is 0.227 e. The number of nitrogens with one attached hydrogen (secondary N) is 1. The number of likely N-dealkylation sites (N-methyl/N-ethyl adjacent to an activating group) is 1. The number of hydrogen-bond acceptors (Lipinski definition) is 7. The van der Waals surface area contributed by atoms with Gasteiger partial charge in [-0.15, -0.1) is 5.10 Å². The molecule has 0 aliphatic carbocycles. The summed E-state index contributed by atoms with van der Waals surface area (Å²) in [6.07, 6.45) is 1.82. The van der Waals surface area contributed by atoms with Crippen LogP contribution < -0.4 is 10.1 Å². The Kier molecular flexibility index (Phi) is 5.26. The molecule has 4 rings (SSSR count). The van der Waals surface area contributed by atoms with Gasteiger partial charge in [-0.05, 0) is 64.3 Å². The molecule has 0 saturated carbocycles. The molecule has 0 radical (unpaired) electrons. The monoisotopic (exact) mass is 391 g/mol. The molecule has 0 aliphatic rings. The molecule has 2 aromatic heterocycles. The highest BCUT2D eigenvalue weighted by atomic mass is 16.5. The zero-order chi connectivity index (χ0) is 20.4. The fourth-order valence-corrected chi connectivity index (χ4v) is 3.05. The first-order chi connectivity index (χ1) is 14.0. The second-order valence-corrected chi connectivity index (χ2v) is 7.49. The van der Waals surface area contributed by atoms with Gasteiger partial charge < -0.3 is 15.0 Å². The van der Waals surface area contributed by atoms with Crippen molar-refractivity contribution in [2.24, 2.45) is 0 Å². The third-order valence-corrected chi connectivity index (χ3v) is 4.59. The number of anilines is 2. The van der Waals surface area contributed by atoms with E-state index in [-0.39, 0.29) is 6.04 Å². The van der Waals surface area contributed by atoms with Crippen LogP contribution in [0.3, 0.4) is 0 Å². The first kappa shape index (κ1) is 19.1. The molecule has 0 atom stereocenters. The largest absolute Gasteiger partial charge is 0.492 e. The van der Waals surface area contributed by atoms with Crippen molar-refractivity contribution in [1.82, 2.24) is 29.9 Å². The first-order valence-corrected chi connectivity index (χ1v) is 9.66. The average Bonchev–Trinajstić information content (AvgIpc) is 3.14. The number of aromatic nitrogens is 5. The van der Waals surface area contributed by atoms with Crippen LogP contribution >= 0.6 is 0 Å². The third-order valence-electron chi connectivity index (χ3n) is 4.59. The lowest BCUT2D eigenvalue weighted by Crippen LogP contribution is -2.19. The Morgan fingerprint density at radius 1 is 1.10 bits per heavy atom. The standard InChI is InChI=1S/C21H25N7O/c1-14(2)28-20-18(25-26-28)10-5-15-13-22-21(24-19(15)20)23-16-6-8-17(9-7-16)29-12-11-27(3)4/h5-10,13-14H,11-12H2,1-4H3,(H,22,23,24). The van der Waals surface area contributed by atoms with Gasteiger partial charge in [-0.25, -0.2) is 14.6 Å². The van der Waals surface area contributed by atoms with E-state index in [0.29, 0.717) is 12.6 Å². The summed E-state index contributed by atoms with van der Waals surface area (Å²) < 4.78 is 7.63. The Morgan fingerprint density at radius 2 is 1.90 bits per heavy atom. The molecule has 0 fully saturated rings. The molecule has 8 heteroatoms. The van der Waals surface area contributed by atoms with Crippen molar-refractivity contribution in [2.75, 3.05) is 32.6 Å². The van der Waals surface area contributed by atoms with E-state index in [1.807, 2.05) is 61.4 Å². The predicted molar refractivity (Wildman–Crippen MR) is 115 cm³/mol. The van der Waals surface area contributed by atoms with Gasteiger partial charge in [0, 0.05) is 29.9 Å². The van der Waals surface area contributed by atoms with Gasteiger partial charge in [0.1, 0.15) is 28.9 Å². The maximum absolute atomic E-state index is 5.74. The minimum atomic E-state index is 0.192. The molecule has 1 N–H and O–H groups in total. The average molecular weight is 391 g/mol. The Morgan fingerprint density at radius 3 is 2.62 bits per heavy atom. The molecule has 0 aliphatic heterocycles. The number of ether oxygens (including phenoxy) is 1. The van der Waals surface area contributed by atoms with Crippen molar-refractivity contribution >= 4 is 33.6 Å². The number of rotatable bonds is 7. The van der Waals surface area contributed by atoms with Crippen molar-refractivity contribution in [3.8, 4) is 5.75 Å². The topological polar surface area (TPSA) is 81.0 Å². The first-order valence-electron chi connectivity index (χ1n) is 9.66. The van der Waals surface area contributed by atoms with E-state index in [2.05, 4.69) is 39.4 Å². The van der Waals surface area contributed by atoms with Crippen molar-refractivity contribution in [3.05, 3.63) is 42.6 Å². The second kappa shape index (κ2) is 8.00. The summed E-state index contributed by atoms with van der Waals surface area (Å²) in [6.45, 7) is 5.69. The van der Waals surface area contributed by atoms with E-state index in [1.165, 1.54) is 0 Å². The highest BCUT2D eigenvalue weighted by molar-refractivity contribution is 6.01. The summed E-state index contributed by atoms with van der Waals surface area (Å²) in [6, 6.07) is 11.9. The third kappa shape index (κ3) is 4.12. The van der Waals surface area contributed by atoms with Gasteiger partial charge in [-0.1, -0.05) is 5.21 Å². The molecule has 4 aromatic rings. The minimum absolute atomic E-state index is 0.192. The van der Waals surface area contributed by atoms with E-state index in [0.717, 1.165) is 39.9 Å². The molecule has 0 saturated heterocycles. The van der Waals surface area contributed by atoms with Gasteiger partial charge in [-0.2, -0.15) is 0 Å². The Bertz CT molecular complexity index is 1120. The zero-order valence-corrected chi connectivity index (χ0v) is 17.1. The van der Waals surface area contributed by atoms with Crippen LogP contribution in [0, 0.1) is 0 Å². The summed E-state index contributed by atoms with van der Waals surface area (Å²) in [4.78, 5) is 11.3. The van der Waals surface area contributed by atoms with Gasteiger partial charge in [0.05, 0.1) is 0 Å². The molecule has 0 spiro atoms. The Hall–Kier alpha value is -3.26. The summed E-state index contributed by atoms with van der Waals surface area (Å²) in [5.41, 5.74) is 3.48. The van der Waals surface area contributed by atoms with Crippen LogP contribution in [0.4, 0.5) is 11.6 Å². The van der Waals surface area contributed by atoms with Crippen LogP contribution in [0.2, 0.25) is 0 Å². The zero-order valence-electron chi connectivity index (χ0n) is 17.1. The molecular formula is C21H25N7O. The number of fused-ring (bicyclic) bond motifs is 3. The van der Waals surface area contributed by atoms with Gasteiger partial charge in [0.2, 0.25) is 5.95 Å². The lowest BCUT2D eigenvalue weighted by atomic mass is 10.2. The Balaban J connectivity index is 1.58. The summed E-state index contributed by atoms with van der Waals surface area (Å²) in [5, 5.41) is 12.8. The van der Waals surface area contributed by atoms with Crippen LogP contribution in [-0.2, 0) is 0 Å². The van der Waals surface area contributed by atoms with Gasteiger partial charge >= 0.3 is 0 Å². The van der Waals surface area contributed by atoms with Crippen molar-refractivity contribution < 1.29 is 4.74 Å². The van der Waals surface area contributed by atoms with Gasteiger partial charge in [0.15, 0.2) is 0 Å². The lowest BCUT2D eigenvalue weighted by molar-refractivity contribution is 0.261. The molecular weight excluding hydrogens is 366 g/mol. The molecule has 2 aromatic carbocycles. The normalized spacial score (nSPS) is 11.7. The highest BCUT2D eigenvalue weighted by Crippen LogP contribution is 2.26. The fourth-order valence-electron chi connectivity index (χ4n) is 3.05. The molecule has 0 unspecified atom stereocenters. The SMILES string of the molecule is CC(C)n1nnc2ccc3cnc(Nc4ccc(OCCN(C)C)cc4)nc3c21. The quantitative estimate of drug-likeness (QED) is 0.515. The van der Waals surface area contributed by atoms with Crippen LogP contribution in [0.25, 0.3) is 21.9 Å².